The molecule has 0 N–H and O–H groups in total. The molecule has 9 heteroatoms. The normalized spacial score (nSPS) is 15.4. The van der Waals surface area contributed by atoms with Gasteiger partial charge in [-0.05, 0) is 35.9 Å². The number of sulfonamides is 1. The van der Waals surface area contributed by atoms with E-state index in [1.807, 2.05) is 48.5 Å². The standard InChI is InChI=1S/C25H23ClN4O3S/c26-23-12-11-21(17-22(23)25-28-27-24(33-25)20-9-5-2-6-10-20)34(31,32)30-15-13-29(14-16-30)18-19-7-3-1-4-8-19/h1-12,17H,13-16,18H2. The van der Waals surface area contributed by atoms with E-state index in [0.717, 1.165) is 12.1 Å². The molecule has 0 bridgehead atoms. The minimum absolute atomic E-state index is 0.155. The highest BCUT2D eigenvalue weighted by atomic mass is 35.5. The van der Waals surface area contributed by atoms with Crippen LogP contribution in [0.3, 0.4) is 0 Å². The Bertz CT molecular complexity index is 1370. The van der Waals surface area contributed by atoms with E-state index >= 15 is 0 Å². The molecule has 0 saturated carbocycles. The highest BCUT2D eigenvalue weighted by Crippen LogP contribution is 2.32. The summed E-state index contributed by atoms with van der Waals surface area (Å²) in [5, 5.41) is 8.52. The second-order valence-corrected chi connectivity index (χ2v) is 10.4. The summed E-state index contributed by atoms with van der Waals surface area (Å²) >= 11 is 6.38. The Morgan fingerprint density at radius 2 is 1.47 bits per heavy atom. The highest BCUT2D eigenvalue weighted by Gasteiger charge is 2.29. The van der Waals surface area contributed by atoms with Crippen LogP contribution in [-0.4, -0.2) is 54.0 Å². The monoisotopic (exact) mass is 494 g/mol. The highest BCUT2D eigenvalue weighted by molar-refractivity contribution is 7.89. The zero-order valence-electron chi connectivity index (χ0n) is 18.3. The summed E-state index contributed by atoms with van der Waals surface area (Å²) in [4.78, 5) is 2.42. The number of nitrogens with zero attached hydrogens (tertiary/aromatic N) is 4. The molecule has 1 aliphatic heterocycles. The van der Waals surface area contributed by atoms with Crippen LogP contribution in [0.25, 0.3) is 22.9 Å². The molecule has 1 fully saturated rings. The first kappa shape index (κ1) is 22.7. The van der Waals surface area contributed by atoms with Crippen LogP contribution in [0.1, 0.15) is 5.56 Å². The van der Waals surface area contributed by atoms with Crippen molar-refractivity contribution in [2.24, 2.45) is 0 Å². The van der Waals surface area contributed by atoms with Crippen LogP contribution in [0.5, 0.6) is 0 Å². The van der Waals surface area contributed by atoms with Crippen molar-refractivity contribution < 1.29 is 12.8 Å². The molecule has 3 aromatic carbocycles. The van der Waals surface area contributed by atoms with Crippen LogP contribution >= 0.6 is 11.6 Å². The number of benzene rings is 3. The summed E-state index contributed by atoms with van der Waals surface area (Å²) in [5.74, 6) is 0.517. The first-order valence-corrected chi connectivity index (χ1v) is 12.8. The van der Waals surface area contributed by atoms with E-state index in [9.17, 15) is 8.42 Å². The molecule has 174 valence electrons. The van der Waals surface area contributed by atoms with Crippen LogP contribution in [0.4, 0.5) is 0 Å². The number of aromatic nitrogens is 2. The molecule has 2 heterocycles. The minimum Gasteiger partial charge on any atom is -0.416 e. The predicted octanol–water partition coefficient (Wildman–Crippen LogP) is 4.56. The SMILES string of the molecule is O=S(=O)(c1ccc(Cl)c(-c2nnc(-c3ccccc3)o2)c1)N1CCN(Cc2ccccc2)CC1. The Balaban J connectivity index is 1.33. The molecule has 4 aromatic rings. The van der Waals surface area contributed by atoms with E-state index in [1.54, 1.807) is 6.07 Å². The third-order valence-electron chi connectivity index (χ3n) is 5.83. The summed E-state index contributed by atoms with van der Waals surface area (Å²) in [6, 6.07) is 24.1. The number of halogens is 1. The van der Waals surface area contributed by atoms with E-state index in [4.69, 9.17) is 16.0 Å². The Hall–Kier alpha value is -3.04. The fourth-order valence-corrected chi connectivity index (χ4v) is 5.62. The molecule has 0 radical (unpaired) electrons. The Morgan fingerprint density at radius 1 is 0.824 bits per heavy atom. The summed E-state index contributed by atoms with van der Waals surface area (Å²) in [6.07, 6.45) is 0. The smallest absolute Gasteiger partial charge is 0.249 e. The largest absolute Gasteiger partial charge is 0.416 e. The summed E-state index contributed by atoms with van der Waals surface area (Å²) in [5.41, 5.74) is 2.38. The van der Waals surface area contributed by atoms with Gasteiger partial charge in [-0.3, -0.25) is 4.90 Å². The van der Waals surface area contributed by atoms with Crippen molar-refractivity contribution in [1.29, 1.82) is 0 Å². The van der Waals surface area contributed by atoms with Crippen molar-refractivity contribution in [3.05, 3.63) is 89.4 Å². The van der Waals surface area contributed by atoms with Gasteiger partial charge in [0.25, 0.3) is 0 Å². The van der Waals surface area contributed by atoms with Crippen LogP contribution in [0.2, 0.25) is 5.02 Å². The van der Waals surface area contributed by atoms with E-state index < -0.39 is 10.0 Å². The Morgan fingerprint density at radius 3 is 2.18 bits per heavy atom. The molecule has 1 saturated heterocycles. The van der Waals surface area contributed by atoms with Crippen molar-refractivity contribution in [2.75, 3.05) is 26.2 Å². The van der Waals surface area contributed by atoms with Gasteiger partial charge in [-0.15, -0.1) is 10.2 Å². The van der Waals surface area contributed by atoms with Crippen LogP contribution in [0.15, 0.2) is 88.2 Å². The van der Waals surface area contributed by atoms with Gasteiger partial charge in [0.05, 0.1) is 15.5 Å². The number of hydrogen-bond donors (Lipinski definition) is 0. The van der Waals surface area contributed by atoms with Crippen molar-refractivity contribution in [1.82, 2.24) is 19.4 Å². The molecule has 7 nitrogen and oxygen atoms in total. The average Bonchev–Trinajstić information content (AvgIpc) is 3.36. The van der Waals surface area contributed by atoms with Gasteiger partial charge in [0, 0.05) is 38.3 Å². The molecule has 0 spiro atoms. The van der Waals surface area contributed by atoms with Gasteiger partial charge < -0.3 is 4.42 Å². The molecular weight excluding hydrogens is 472 g/mol. The van der Waals surface area contributed by atoms with Gasteiger partial charge in [-0.25, -0.2) is 8.42 Å². The molecule has 0 atom stereocenters. The third-order valence-corrected chi connectivity index (χ3v) is 8.06. The number of rotatable bonds is 6. The molecule has 0 unspecified atom stereocenters. The number of hydrogen-bond acceptors (Lipinski definition) is 6. The molecule has 1 aromatic heterocycles. The van der Waals surface area contributed by atoms with Crippen LogP contribution in [0, 0.1) is 0 Å². The maximum atomic E-state index is 13.4. The first-order chi connectivity index (χ1) is 16.5. The Labute approximate surface area is 203 Å². The molecule has 0 amide bonds. The van der Waals surface area contributed by atoms with E-state index in [2.05, 4.69) is 27.2 Å². The number of piperazine rings is 1. The van der Waals surface area contributed by atoms with Crippen molar-refractivity contribution in [2.45, 2.75) is 11.4 Å². The quantitative estimate of drug-likeness (QED) is 0.391. The second-order valence-electron chi connectivity index (χ2n) is 8.09. The topological polar surface area (TPSA) is 79.5 Å². The lowest BCUT2D eigenvalue weighted by molar-refractivity contribution is 0.181. The lowest BCUT2D eigenvalue weighted by atomic mass is 10.2. The fourth-order valence-electron chi connectivity index (χ4n) is 3.98. The van der Waals surface area contributed by atoms with Crippen molar-refractivity contribution in [3.63, 3.8) is 0 Å². The zero-order chi connectivity index (χ0) is 23.5. The van der Waals surface area contributed by atoms with Crippen molar-refractivity contribution >= 4 is 21.6 Å². The average molecular weight is 495 g/mol. The van der Waals surface area contributed by atoms with E-state index in [1.165, 1.54) is 22.0 Å². The van der Waals surface area contributed by atoms with Crippen LogP contribution in [-0.2, 0) is 16.6 Å². The molecule has 0 aliphatic carbocycles. The minimum atomic E-state index is -3.69. The van der Waals surface area contributed by atoms with E-state index in [0.29, 0.717) is 42.7 Å². The maximum Gasteiger partial charge on any atom is 0.249 e. The zero-order valence-corrected chi connectivity index (χ0v) is 19.9. The van der Waals surface area contributed by atoms with Gasteiger partial charge in [-0.1, -0.05) is 60.1 Å². The van der Waals surface area contributed by atoms with Crippen LogP contribution < -0.4 is 0 Å². The fraction of sp³-hybridized carbons (Fsp3) is 0.200. The van der Waals surface area contributed by atoms with E-state index in [-0.39, 0.29) is 10.8 Å². The second kappa shape index (κ2) is 9.68. The van der Waals surface area contributed by atoms with Gasteiger partial charge in [0.2, 0.25) is 21.8 Å². The maximum absolute atomic E-state index is 13.4. The van der Waals surface area contributed by atoms with Gasteiger partial charge in [-0.2, -0.15) is 4.31 Å². The molecule has 1 aliphatic rings. The van der Waals surface area contributed by atoms with Gasteiger partial charge >= 0.3 is 0 Å². The Kier molecular flexibility index (Phi) is 6.47. The molecule has 5 rings (SSSR count). The lowest BCUT2D eigenvalue weighted by Gasteiger charge is -2.34. The molecular formula is C25H23ClN4O3S. The van der Waals surface area contributed by atoms with Gasteiger partial charge in [0.15, 0.2) is 0 Å². The lowest BCUT2D eigenvalue weighted by Crippen LogP contribution is -2.48. The molecule has 34 heavy (non-hydrogen) atoms. The summed E-state index contributed by atoms with van der Waals surface area (Å²) < 4.78 is 34.1. The third kappa shape index (κ3) is 4.76. The predicted molar refractivity (Wildman–Crippen MR) is 131 cm³/mol. The summed E-state index contributed by atoms with van der Waals surface area (Å²) in [7, 11) is -3.69. The van der Waals surface area contributed by atoms with Gasteiger partial charge in [0.1, 0.15) is 0 Å². The summed E-state index contributed by atoms with van der Waals surface area (Å²) in [6.45, 7) is 2.98. The first-order valence-electron chi connectivity index (χ1n) is 11.0. The van der Waals surface area contributed by atoms with Crippen molar-refractivity contribution in [3.8, 4) is 22.9 Å².